The SMILES string of the molecule is COc1cc([C@@H]2C[C@@H](C)CN2)c(C)cc1O. The van der Waals surface area contributed by atoms with Gasteiger partial charge in [-0.1, -0.05) is 6.92 Å². The predicted octanol–water partition coefficient (Wildman–Crippen LogP) is 2.38. The number of benzene rings is 1. The molecule has 1 heterocycles. The van der Waals surface area contributed by atoms with Crippen LogP contribution in [0.2, 0.25) is 0 Å². The monoisotopic (exact) mass is 221 g/mol. The zero-order valence-corrected chi connectivity index (χ0v) is 10.1. The van der Waals surface area contributed by atoms with Crippen molar-refractivity contribution in [3.05, 3.63) is 23.3 Å². The Bertz CT molecular complexity index is 390. The van der Waals surface area contributed by atoms with E-state index in [0.717, 1.165) is 18.5 Å². The Morgan fingerprint density at radius 1 is 1.44 bits per heavy atom. The van der Waals surface area contributed by atoms with Gasteiger partial charge in [-0.15, -0.1) is 0 Å². The van der Waals surface area contributed by atoms with Gasteiger partial charge in [-0.25, -0.2) is 0 Å². The van der Waals surface area contributed by atoms with Crippen molar-refractivity contribution >= 4 is 0 Å². The molecule has 1 aromatic carbocycles. The minimum absolute atomic E-state index is 0.217. The number of phenols is 1. The van der Waals surface area contributed by atoms with Crippen LogP contribution >= 0.6 is 0 Å². The molecule has 3 heteroatoms. The summed E-state index contributed by atoms with van der Waals surface area (Å²) in [6, 6.07) is 4.11. The van der Waals surface area contributed by atoms with Crippen molar-refractivity contribution in [1.29, 1.82) is 0 Å². The number of methoxy groups -OCH3 is 1. The Morgan fingerprint density at radius 2 is 2.19 bits per heavy atom. The van der Waals surface area contributed by atoms with Crippen molar-refractivity contribution in [2.45, 2.75) is 26.3 Å². The van der Waals surface area contributed by atoms with Crippen molar-refractivity contribution in [2.75, 3.05) is 13.7 Å². The molecule has 2 atom stereocenters. The molecule has 0 saturated carbocycles. The first-order chi connectivity index (χ1) is 7.61. The van der Waals surface area contributed by atoms with E-state index in [0.29, 0.717) is 17.7 Å². The van der Waals surface area contributed by atoms with Gasteiger partial charge in [-0.05, 0) is 49.1 Å². The summed E-state index contributed by atoms with van der Waals surface area (Å²) in [7, 11) is 1.58. The standard InChI is InChI=1S/C13H19NO2/c1-8-4-11(14-7-8)10-6-13(16-3)12(15)5-9(10)2/h5-6,8,11,14-15H,4,7H2,1-3H3/t8-,11+/m1/s1. The molecular formula is C13H19NO2. The van der Waals surface area contributed by atoms with Crippen LogP contribution in [0, 0.1) is 12.8 Å². The van der Waals surface area contributed by atoms with E-state index >= 15 is 0 Å². The highest BCUT2D eigenvalue weighted by Gasteiger charge is 2.24. The number of ether oxygens (including phenoxy) is 1. The number of aromatic hydroxyl groups is 1. The molecule has 88 valence electrons. The Kier molecular flexibility index (Phi) is 3.06. The number of hydrogen-bond acceptors (Lipinski definition) is 3. The third kappa shape index (κ3) is 2.00. The first kappa shape index (κ1) is 11.3. The fraction of sp³-hybridized carbons (Fsp3) is 0.538. The Morgan fingerprint density at radius 3 is 2.75 bits per heavy atom. The molecule has 2 N–H and O–H groups in total. The normalized spacial score (nSPS) is 24.7. The average molecular weight is 221 g/mol. The molecule has 1 aliphatic rings. The van der Waals surface area contributed by atoms with E-state index in [2.05, 4.69) is 12.2 Å². The topological polar surface area (TPSA) is 41.5 Å². The maximum absolute atomic E-state index is 9.67. The molecule has 0 spiro atoms. The molecule has 2 rings (SSSR count). The fourth-order valence-corrected chi connectivity index (χ4v) is 2.38. The number of phenolic OH excluding ortho intramolecular Hbond substituents is 1. The van der Waals surface area contributed by atoms with Gasteiger partial charge in [0.25, 0.3) is 0 Å². The summed E-state index contributed by atoms with van der Waals surface area (Å²) in [6.07, 6.45) is 1.15. The lowest BCUT2D eigenvalue weighted by Crippen LogP contribution is -2.14. The Balaban J connectivity index is 2.33. The van der Waals surface area contributed by atoms with Crippen LogP contribution in [-0.4, -0.2) is 18.8 Å². The van der Waals surface area contributed by atoms with Crippen LogP contribution < -0.4 is 10.1 Å². The number of aryl methyl sites for hydroxylation is 1. The van der Waals surface area contributed by atoms with Crippen LogP contribution in [0.25, 0.3) is 0 Å². The highest BCUT2D eigenvalue weighted by atomic mass is 16.5. The van der Waals surface area contributed by atoms with Gasteiger partial charge in [0.2, 0.25) is 0 Å². The van der Waals surface area contributed by atoms with Gasteiger partial charge in [-0.3, -0.25) is 0 Å². The van der Waals surface area contributed by atoms with E-state index in [-0.39, 0.29) is 5.75 Å². The minimum atomic E-state index is 0.217. The Hall–Kier alpha value is -1.22. The third-order valence-corrected chi connectivity index (χ3v) is 3.29. The zero-order valence-electron chi connectivity index (χ0n) is 10.1. The van der Waals surface area contributed by atoms with Gasteiger partial charge in [0.15, 0.2) is 11.5 Å². The number of hydrogen-bond donors (Lipinski definition) is 2. The second-order valence-electron chi connectivity index (χ2n) is 4.68. The van der Waals surface area contributed by atoms with Crippen LogP contribution in [0.3, 0.4) is 0 Å². The third-order valence-electron chi connectivity index (χ3n) is 3.29. The summed E-state index contributed by atoms with van der Waals surface area (Å²) < 4.78 is 5.15. The first-order valence-corrected chi connectivity index (χ1v) is 5.72. The summed E-state index contributed by atoms with van der Waals surface area (Å²) in [5.41, 5.74) is 2.35. The summed E-state index contributed by atoms with van der Waals surface area (Å²) in [4.78, 5) is 0. The molecule has 1 fully saturated rings. The molecule has 0 amide bonds. The quantitative estimate of drug-likeness (QED) is 0.805. The lowest BCUT2D eigenvalue weighted by atomic mass is 9.97. The Labute approximate surface area is 96.4 Å². The number of nitrogens with one attached hydrogen (secondary N) is 1. The second kappa shape index (κ2) is 4.34. The summed E-state index contributed by atoms with van der Waals surface area (Å²) in [5, 5.41) is 13.2. The van der Waals surface area contributed by atoms with Crippen molar-refractivity contribution in [1.82, 2.24) is 5.32 Å². The highest BCUT2D eigenvalue weighted by Crippen LogP contribution is 2.35. The van der Waals surface area contributed by atoms with E-state index in [1.807, 2.05) is 13.0 Å². The van der Waals surface area contributed by atoms with Crippen molar-refractivity contribution < 1.29 is 9.84 Å². The van der Waals surface area contributed by atoms with E-state index in [1.54, 1.807) is 13.2 Å². The van der Waals surface area contributed by atoms with Gasteiger partial charge >= 0.3 is 0 Å². The van der Waals surface area contributed by atoms with Crippen molar-refractivity contribution in [2.24, 2.45) is 5.92 Å². The van der Waals surface area contributed by atoms with Crippen molar-refractivity contribution in [3.63, 3.8) is 0 Å². The lowest BCUT2D eigenvalue weighted by molar-refractivity contribution is 0.372. The zero-order chi connectivity index (χ0) is 11.7. The van der Waals surface area contributed by atoms with Crippen LogP contribution in [0.15, 0.2) is 12.1 Å². The van der Waals surface area contributed by atoms with E-state index in [4.69, 9.17) is 4.74 Å². The largest absolute Gasteiger partial charge is 0.504 e. The lowest BCUT2D eigenvalue weighted by Gasteiger charge is -2.16. The van der Waals surface area contributed by atoms with Gasteiger partial charge in [-0.2, -0.15) is 0 Å². The average Bonchev–Trinajstić information content (AvgIpc) is 2.65. The van der Waals surface area contributed by atoms with E-state index < -0.39 is 0 Å². The summed E-state index contributed by atoms with van der Waals surface area (Å²) >= 11 is 0. The van der Waals surface area contributed by atoms with E-state index in [1.165, 1.54) is 5.56 Å². The maximum atomic E-state index is 9.67. The molecule has 0 bridgehead atoms. The second-order valence-corrected chi connectivity index (χ2v) is 4.68. The molecule has 16 heavy (non-hydrogen) atoms. The molecule has 1 aromatic rings. The minimum Gasteiger partial charge on any atom is -0.504 e. The molecule has 0 aliphatic carbocycles. The molecule has 1 aliphatic heterocycles. The maximum Gasteiger partial charge on any atom is 0.160 e. The predicted molar refractivity (Wildman–Crippen MR) is 63.9 cm³/mol. The van der Waals surface area contributed by atoms with Gasteiger partial charge in [0.05, 0.1) is 7.11 Å². The fourth-order valence-electron chi connectivity index (χ4n) is 2.38. The summed E-state index contributed by atoms with van der Waals surface area (Å²) in [5.74, 6) is 1.49. The highest BCUT2D eigenvalue weighted by molar-refractivity contribution is 5.47. The molecule has 0 radical (unpaired) electrons. The van der Waals surface area contributed by atoms with Crippen LogP contribution in [0.5, 0.6) is 11.5 Å². The van der Waals surface area contributed by atoms with E-state index in [9.17, 15) is 5.11 Å². The van der Waals surface area contributed by atoms with Crippen LogP contribution in [-0.2, 0) is 0 Å². The van der Waals surface area contributed by atoms with Gasteiger partial charge < -0.3 is 15.2 Å². The van der Waals surface area contributed by atoms with Crippen molar-refractivity contribution in [3.8, 4) is 11.5 Å². The molecular weight excluding hydrogens is 202 g/mol. The molecule has 1 saturated heterocycles. The van der Waals surface area contributed by atoms with Gasteiger partial charge in [0.1, 0.15) is 0 Å². The molecule has 0 unspecified atom stereocenters. The van der Waals surface area contributed by atoms with Crippen LogP contribution in [0.1, 0.15) is 30.5 Å². The molecule has 3 nitrogen and oxygen atoms in total. The first-order valence-electron chi connectivity index (χ1n) is 5.72. The van der Waals surface area contributed by atoms with Crippen LogP contribution in [0.4, 0.5) is 0 Å². The summed E-state index contributed by atoms with van der Waals surface area (Å²) in [6.45, 7) is 5.34. The van der Waals surface area contributed by atoms with Gasteiger partial charge in [0, 0.05) is 6.04 Å². The molecule has 0 aromatic heterocycles. The smallest absolute Gasteiger partial charge is 0.160 e. The number of rotatable bonds is 2.